The summed E-state index contributed by atoms with van der Waals surface area (Å²) in [5, 5.41) is 113. The molecule has 0 aliphatic rings. The molecule has 1 rings (SSSR count). The number of hydrogen-bond donors (Lipinski definition) is 27. The second-order valence-electron chi connectivity index (χ2n) is 29.9. The maximum absolute atomic E-state index is 14.3. The van der Waals surface area contributed by atoms with E-state index in [1.807, 2.05) is 0 Å². The number of carboxylic acids is 5. The first kappa shape index (κ1) is 107. The molecule has 0 bridgehead atoms. The standard InChI is InChI=1S/C72H119N21O27S/c1-32(2)21-39(73)59(107)87-46(25-54(101)102)66(114)85-42(15-17-53(99)100)62(110)88-44(22-33(3)4)60(108)78-28-51(96)82-45(24-38-27-76-31-79-38)65(113)81-36(9)57(105)83-41(14-16-52(97)98)61(109)80-37(10)58(106)91-49(29-94)68(116)86-43(18-20-121-11)63(111)84-40(13-12-19-77-72(74)75)64(112)93-56(35(7)8)70(118)92-50(30-95)69(117)89-47(26-55(103)104)67(115)90-48(71(119)120)23-34(5)6/h27,31-37,39-50,56,94-95H,12-26,28-30,73H2,1-11H3,(H,76,79)(H,78,108)(H,80,109)(H,81,113)(H,82,96)(H,83,105)(H,84,111)(H,85,114)(H,86,116)(H,87,107)(H,88,110)(H,89,117)(H,90,115)(H,91,106)(H,92,118)(H,93,112)(H,97,98)(H,99,100)(H,101,102)(H,103,104)(H,119,120)(H4,74,75,77)/t36-,37-,39-,40-,41-,42-,43-,44-,45-,46-,47-,48-,49-,50-,56-/m0/s1. The fourth-order valence-corrected chi connectivity index (χ4v) is 11.7. The van der Waals surface area contributed by atoms with Crippen molar-refractivity contribution in [3.63, 3.8) is 0 Å². The molecule has 48 nitrogen and oxygen atoms in total. The van der Waals surface area contributed by atoms with Crippen LogP contribution >= 0.6 is 11.8 Å². The highest BCUT2D eigenvalue weighted by Crippen LogP contribution is 2.14. The highest BCUT2D eigenvalue weighted by Gasteiger charge is 2.39. The van der Waals surface area contributed by atoms with Crippen LogP contribution in [0.1, 0.15) is 152 Å². The van der Waals surface area contributed by atoms with Crippen molar-refractivity contribution in [1.82, 2.24) is 95.0 Å². The van der Waals surface area contributed by atoms with E-state index in [1.165, 1.54) is 38.1 Å². The number of aliphatic carboxylic acids is 5. The Morgan fingerprint density at radius 2 is 0.802 bits per heavy atom. The van der Waals surface area contributed by atoms with Gasteiger partial charge in [0.2, 0.25) is 88.6 Å². The normalized spacial score (nSPS) is 14.9. The van der Waals surface area contributed by atoms with E-state index in [2.05, 4.69) is 95.0 Å². The van der Waals surface area contributed by atoms with Crippen LogP contribution < -0.4 is 96.5 Å². The third-order valence-electron chi connectivity index (χ3n) is 17.6. The molecule has 15 amide bonds. The van der Waals surface area contributed by atoms with Crippen LogP contribution in [0.2, 0.25) is 0 Å². The third-order valence-corrected chi connectivity index (χ3v) is 18.2. The van der Waals surface area contributed by atoms with Gasteiger partial charge in [0.1, 0.15) is 84.6 Å². The number of nitrogens with two attached hydrogens (primary N) is 2. The van der Waals surface area contributed by atoms with Gasteiger partial charge in [-0.25, -0.2) is 9.78 Å². The second-order valence-corrected chi connectivity index (χ2v) is 30.9. The molecule has 0 unspecified atom stereocenters. The molecule has 121 heavy (non-hydrogen) atoms. The topological polar surface area (TPSA) is 780 Å². The molecule has 49 heteroatoms. The van der Waals surface area contributed by atoms with E-state index in [0.29, 0.717) is 0 Å². The SMILES string of the molecule is CSCC[C@H](NC(=O)[C@H](CO)NC(=O)[C@H](C)NC(=O)[C@H](CCC(=O)O)NC(=O)[C@H](C)NC(=O)[C@H](Cc1c[nH]cn1)NC(=O)CNC(=O)[C@H](CC(C)C)NC(=O)[C@H](CCC(=O)O)NC(=O)[C@H](CC(=O)O)NC(=O)[C@@H](N)CC(C)C)C(=O)N[C@@H](CCCNC(=N)N)C(=O)N[C@H](C(=O)N[C@@H](CO)C(=O)N[C@@H](CC(=O)O)C(=O)N[C@@H](CC(C)C)C(=O)O)C(C)C. The number of H-pyrrole nitrogens is 1. The minimum absolute atomic E-state index is 0.00221. The predicted molar refractivity (Wildman–Crippen MR) is 427 cm³/mol. The zero-order valence-electron chi connectivity index (χ0n) is 69.2. The minimum Gasteiger partial charge on any atom is -0.481 e. The Kier molecular flexibility index (Phi) is 48.7. The number of rotatable bonds is 59. The lowest BCUT2D eigenvalue weighted by Gasteiger charge is -2.28. The quantitative estimate of drug-likeness (QED) is 0.0164. The molecule has 0 saturated heterocycles. The molecule has 0 saturated carbocycles. The Morgan fingerprint density at radius 3 is 1.22 bits per heavy atom. The number of nitrogens with one attached hydrogen (secondary N) is 18. The van der Waals surface area contributed by atoms with Crippen LogP contribution in [0.15, 0.2) is 12.5 Å². The molecule has 1 heterocycles. The summed E-state index contributed by atoms with van der Waals surface area (Å²) in [4.78, 5) is 272. The number of imidazole rings is 1. The Labute approximate surface area is 700 Å². The Bertz CT molecular complexity index is 3740. The van der Waals surface area contributed by atoms with E-state index < -0.39 is 279 Å². The van der Waals surface area contributed by atoms with Gasteiger partial charge in [0.25, 0.3) is 0 Å². The average Bonchev–Trinajstić information content (AvgIpc) is 1.06. The van der Waals surface area contributed by atoms with E-state index in [1.54, 1.807) is 47.8 Å². The summed E-state index contributed by atoms with van der Waals surface area (Å²) in [6, 6.07) is -24.7. The molecule has 0 aliphatic heterocycles. The van der Waals surface area contributed by atoms with E-state index >= 15 is 0 Å². The van der Waals surface area contributed by atoms with Gasteiger partial charge in [-0.3, -0.25) is 96.5 Å². The predicted octanol–water partition coefficient (Wildman–Crippen LogP) is -8.22. The first-order chi connectivity index (χ1) is 56.5. The lowest BCUT2D eigenvalue weighted by atomic mass is 10.0. The maximum Gasteiger partial charge on any atom is 0.326 e. The third kappa shape index (κ3) is 42.6. The van der Waals surface area contributed by atoms with E-state index in [9.17, 15) is 132 Å². The lowest BCUT2D eigenvalue weighted by Crippen LogP contribution is -2.62. The van der Waals surface area contributed by atoms with Crippen LogP contribution in [0.5, 0.6) is 0 Å². The van der Waals surface area contributed by atoms with Crippen molar-refractivity contribution in [2.45, 2.75) is 243 Å². The number of carbonyl (C=O) groups excluding carboxylic acids is 15. The monoisotopic (exact) mass is 1740 g/mol. The molecular formula is C72H119N21O27S. The number of nitrogens with zero attached hydrogens (tertiary/aromatic N) is 1. The van der Waals surface area contributed by atoms with Gasteiger partial charge in [-0.1, -0.05) is 55.4 Å². The van der Waals surface area contributed by atoms with Crippen molar-refractivity contribution in [2.75, 3.05) is 38.3 Å². The summed E-state index contributed by atoms with van der Waals surface area (Å²) in [5.74, 6) is -26.0. The summed E-state index contributed by atoms with van der Waals surface area (Å²) in [6.07, 6.45) is -1.39. The van der Waals surface area contributed by atoms with Crippen molar-refractivity contribution >= 4 is 136 Å². The number of aromatic nitrogens is 2. The zero-order valence-corrected chi connectivity index (χ0v) is 70.0. The van der Waals surface area contributed by atoms with Crippen molar-refractivity contribution < 1.29 is 132 Å². The molecular weight excluding hydrogens is 1620 g/mol. The minimum atomic E-state index is -1.91. The summed E-state index contributed by atoms with van der Waals surface area (Å²) < 4.78 is 0. The zero-order chi connectivity index (χ0) is 92.2. The van der Waals surface area contributed by atoms with Gasteiger partial charge in [-0.15, -0.1) is 0 Å². The summed E-state index contributed by atoms with van der Waals surface area (Å²) in [6.45, 7) is 12.0. The molecule has 1 aromatic heterocycles. The number of carbonyl (C=O) groups is 20. The maximum atomic E-state index is 14.3. The molecule has 0 aliphatic carbocycles. The van der Waals surface area contributed by atoms with Gasteiger partial charge in [-0.2, -0.15) is 11.8 Å². The van der Waals surface area contributed by atoms with E-state index in [4.69, 9.17) is 16.9 Å². The van der Waals surface area contributed by atoms with Crippen molar-refractivity contribution in [3.05, 3.63) is 18.2 Å². The number of hydrogen-bond acceptors (Lipinski definition) is 26. The Balaban J connectivity index is 3.41. The molecule has 0 fully saturated rings. The molecule has 0 spiro atoms. The van der Waals surface area contributed by atoms with Crippen molar-refractivity contribution in [3.8, 4) is 0 Å². The average molecular weight is 1740 g/mol. The van der Waals surface area contributed by atoms with Gasteiger partial charge in [-0.05, 0) is 101 Å². The number of carboxylic acid groups (broad SMARTS) is 5. The van der Waals surface area contributed by atoms with Gasteiger partial charge in [0, 0.05) is 32.0 Å². The first-order valence-electron chi connectivity index (χ1n) is 38.7. The van der Waals surface area contributed by atoms with Gasteiger partial charge < -0.3 is 137 Å². The molecule has 0 aromatic carbocycles. The number of aliphatic hydroxyl groups is 2. The van der Waals surface area contributed by atoms with Crippen molar-refractivity contribution in [2.24, 2.45) is 35.1 Å². The largest absolute Gasteiger partial charge is 0.481 e. The van der Waals surface area contributed by atoms with Gasteiger partial charge in [0.05, 0.1) is 50.7 Å². The van der Waals surface area contributed by atoms with Crippen LogP contribution in [0.3, 0.4) is 0 Å². The van der Waals surface area contributed by atoms with Crippen LogP contribution in [0, 0.1) is 29.1 Å². The van der Waals surface area contributed by atoms with E-state index in [-0.39, 0.29) is 80.7 Å². The number of guanidine groups is 1. The Morgan fingerprint density at radius 1 is 0.421 bits per heavy atom. The highest BCUT2D eigenvalue weighted by atomic mass is 32.2. The van der Waals surface area contributed by atoms with Crippen molar-refractivity contribution in [1.29, 1.82) is 5.41 Å². The van der Waals surface area contributed by atoms with E-state index in [0.717, 1.165) is 13.8 Å². The number of amides is 15. The summed E-state index contributed by atoms with van der Waals surface area (Å²) in [7, 11) is 0. The van der Waals surface area contributed by atoms with Crippen LogP contribution in [-0.2, 0) is 102 Å². The highest BCUT2D eigenvalue weighted by molar-refractivity contribution is 7.98. The number of thioether (sulfide) groups is 1. The van der Waals surface area contributed by atoms with Crippen LogP contribution in [0.25, 0.3) is 0 Å². The fourth-order valence-electron chi connectivity index (χ4n) is 11.2. The lowest BCUT2D eigenvalue weighted by molar-refractivity contribution is -0.144. The molecule has 0 radical (unpaired) electrons. The first-order valence-corrected chi connectivity index (χ1v) is 40.1. The van der Waals surface area contributed by atoms with Crippen LogP contribution in [0.4, 0.5) is 0 Å². The Hall–Kier alpha value is -11.9. The fraction of sp³-hybridized carbons (Fsp3) is 0.667. The number of aromatic amines is 1. The molecule has 15 atom stereocenters. The summed E-state index contributed by atoms with van der Waals surface area (Å²) in [5.41, 5.74) is 11.5. The van der Waals surface area contributed by atoms with Gasteiger partial charge in [0.15, 0.2) is 5.96 Å². The molecule has 680 valence electrons. The van der Waals surface area contributed by atoms with Gasteiger partial charge >= 0.3 is 29.8 Å². The molecule has 29 N–H and O–H groups in total. The van der Waals surface area contributed by atoms with Crippen LogP contribution in [-0.4, -0.2) is 299 Å². The number of aliphatic hydroxyl groups excluding tert-OH is 2. The molecule has 1 aromatic rings. The smallest absolute Gasteiger partial charge is 0.326 e. The second kappa shape index (κ2) is 55.0. The summed E-state index contributed by atoms with van der Waals surface area (Å²) >= 11 is 1.20.